The van der Waals surface area contributed by atoms with Gasteiger partial charge in [-0.1, -0.05) is 78.6 Å². The van der Waals surface area contributed by atoms with E-state index in [0.29, 0.717) is 0 Å². The molecule has 0 aromatic carbocycles. The predicted octanol–water partition coefficient (Wildman–Crippen LogP) is 5.17. The molecule has 0 unspecified atom stereocenters. The van der Waals surface area contributed by atoms with Gasteiger partial charge in [-0.3, -0.25) is 0 Å². The van der Waals surface area contributed by atoms with Crippen molar-refractivity contribution in [3.8, 4) is 0 Å². The van der Waals surface area contributed by atoms with Crippen LogP contribution in [0.2, 0.25) is 0 Å². The summed E-state index contributed by atoms with van der Waals surface area (Å²) in [5.41, 5.74) is 0. The molecule has 0 saturated carbocycles. The molecule has 0 spiro atoms. The minimum Gasteiger partial charge on any atom is -0.0654 e. The zero-order chi connectivity index (χ0) is 9.94. The molecule has 0 heteroatoms. The fraction of sp³-hybridized carbons (Fsp3) is 1.00. The molecule has 0 heterocycles. The third-order valence-corrected chi connectivity index (χ3v) is 2.83. The Bertz CT molecular complexity index is 86.0. The number of hydrogen-bond donors (Lipinski definition) is 0. The fourth-order valence-electron chi connectivity index (χ4n) is 1.91. The van der Waals surface area contributed by atoms with E-state index in [4.69, 9.17) is 0 Å². The molecule has 0 fully saturated rings. The van der Waals surface area contributed by atoms with Crippen molar-refractivity contribution in [2.45, 2.75) is 78.6 Å². The number of rotatable bonds is 9. The molecule has 0 amide bonds. The first-order valence-corrected chi connectivity index (χ1v) is 6.31. The van der Waals surface area contributed by atoms with E-state index in [1.54, 1.807) is 0 Å². The first-order chi connectivity index (χ1) is 6.31. The summed E-state index contributed by atoms with van der Waals surface area (Å²) in [6, 6.07) is 0. The van der Waals surface area contributed by atoms with Gasteiger partial charge in [-0.15, -0.1) is 0 Å². The van der Waals surface area contributed by atoms with Crippen molar-refractivity contribution < 1.29 is 0 Å². The molecule has 0 aliphatic carbocycles. The van der Waals surface area contributed by atoms with Gasteiger partial charge in [0.15, 0.2) is 0 Å². The zero-order valence-electron chi connectivity index (χ0n) is 9.94. The van der Waals surface area contributed by atoms with Crippen LogP contribution in [0.3, 0.4) is 0 Å². The van der Waals surface area contributed by atoms with Crippen LogP contribution >= 0.6 is 0 Å². The van der Waals surface area contributed by atoms with Crippen molar-refractivity contribution in [1.82, 2.24) is 0 Å². The Morgan fingerprint density at radius 3 is 1.92 bits per heavy atom. The van der Waals surface area contributed by atoms with Crippen LogP contribution in [-0.4, -0.2) is 0 Å². The van der Waals surface area contributed by atoms with Crippen molar-refractivity contribution in [2.24, 2.45) is 5.92 Å². The first-order valence-electron chi connectivity index (χ1n) is 6.31. The smallest absolute Gasteiger partial charge is 0.0443 e. The predicted molar refractivity (Wildman–Crippen MR) is 62.1 cm³/mol. The molecule has 0 rings (SSSR count). The summed E-state index contributed by atoms with van der Waals surface area (Å²) in [7, 11) is 0. The van der Waals surface area contributed by atoms with Crippen LogP contribution in [0.25, 0.3) is 0 Å². The summed E-state index contributed by atoms with van der Waals surface area (Å²) in [6.45, 7) is 6.97. The van der Waals surface area contributed by atoms with Crippen LogP contribution in [-0.2, 0) is 0 Å². The van der Waals surface area contributed by atoms with Crippen LogP contribution in [0.4, 0.5) is 0 Å². The molecule has 13 heavy (non-hydrogen) atoms. The highest BCUT2D eigenvalue weighted by Crippen LogP contribution is 2.15. The molecule has 80 valence electrons. The van der Waals surface area contributed by atoms with Gasteiger partial charge in [0, 0.05) is 0 Å². The zero-order valence-corrected chi connectivity index (χ0v) is 9.94. The van der Waals surface area contributed by atoms with E-state index in [-0.39, 0.29) is 0 Å². The van der Waals surface area contributed by atoms with E-state index >= 15 is 0 Å². The normalized spacial score (nSPS) is 13.2. The van der Waals surface area contributed by atoms with Crippen molar-refractivity contribution in [2.75, 3.05) is 0 Å². The van der Waals surface area contributed by atoms with Crippen LogP contribution < -0.4 is 0 Å². The second kappa shape index (κ2) is 10.1. The lowest BCUT2D eigenvalue weighted by molar-refractivity contribution is 0.452. The maximum Gasteiger partial charge on any atom is -0.0443 e. The summed E-state index contributed by atoms with van der Waals surface area (Å²) < 4.78 is 0. The second-order valence-corrected chi connectivity index (χ2v) is 4.45. The Morgan fingerprint density at radius 2 is 1.31 bits per heavy atom. The third-order valence-electron chi connectivity index (χ3n) is 2.83. The second-order valence-electron chi connectivity index (χ2n) is 4.45. The summed E-state index contributed by atoms with van der Waals surface area (Å²) in [5.74, 6) is 0.969. The van der Waals surface area contributed by atoms with Gasteiger partial charge in [-0.05, 0) is 5.92 Å². The van der Waals surface area contributed by atoms with Gasteiger partial charge in [0.05, 0.1) is 0 Å². The maximum atomic E-state index is 2.40. The lowest BCUT2D eigenvalue weighted by Crippen LogP contribution is -1.93. The Labute approximate surface area is 85.1 Å². The minimum atomic E-state index is 0.969. The molecule has 0 saturated heterocycles. The SMILES string of the molecule is CCCCCCCC[C@H](C)CCC. The van der Waals surface area contributed by atoms with Crippen molar-refractivity contribution >= 4 is 0 Å². The maximum absolute atomic E-state index is 2.40. The molecule has 0 bridgehead atoms. The molecule has 0 aromatic heterocycles. The fourth-order valence-corrected chi connectivity index (χ4v) is 1.91. The van der Waals surface area contributed by atoms with Gasteiger partial charge >= 0.3 is 0 Å². The molecule has 0 N–H and O–H groups in total. The topological polar surface area (TPSA) is 0 Å². The van der Waals surface area contributed by atoms with Crippen molar-refractivity contribution in [1.29, 1.82) is 0 Å². The quantitative estimate of drug-likeness (QED) is 0.433. The van der Waals surface area contributed by atoms with Crippen LogP contribution in [0.15, 0.2) is 0 Å². The molecular formula is C13H28. The molecule has 0 aliphatic rings. The van der Waals surface area contributed by atoms with E-state index in [0.717, 1.165) is 5.92 Å². The average Bonchev–Trinajstić information content (AvgIpc) is 2.11. The summed E-state index contributed by atoms with van der Waals surface area (Å²) in [4.78, 5) is 0. The Balaban J connectivity index is 2.97. The molecule has 0 radical (unpaired) electrons. The van der Waals surface area contributed by atoms with Crippen LogP contribution in [0.5, 0.6) is 0 Å². The minimum absolute atomic E-state index is 0.969. The molecular weight excluding hydrogens is 156 g/mol. The lowest BCUT2D eigenvalue weighted by atomic mass is 9.98. The highest BCUT2D eigenvalue weighted by atomic mass is 14.1. The van der Waals surface area contributed by atoms with Crippen LogP contribution in [0, 0.1) is 5.92 Å². The Morgan fingerprint density at radius 1 is 0.692 bits per heavy atom. The molecule has 0 aliphatic heterocycles. The molecule has 0 nitrogen and oxygen atoms in total. The summed E-state index contributed by atoms with van der Waals surface area (Å²) in [5, 5.41) is 0. The van der Waals surface area contributed by atoms with Gasteiger partial charge in [-0.25, -0.2) is 0 Å². The molecule has 0 aromatic rings. The van der Waals surface area contributed by atoms with Gasteiger partial charge in [0.1, 0.15) is 0 Å². The summed E-state index contributed by atoms with van der Waals surface area (Å²) >= 11 is 0. The van der Waals surface area contributed by atoms with E-state index in [1.165, 1.54) is 57.8 Å². The van der Waals surface area contributed by atoms with E-state index in [2.05, 4.69) is 20.8 Å². The van der Waals surface area contributed by atoms with Crippen molar-refractivity contribution in [3.63, 3.8) is 0 Å². The molecule has 1 atom stereocenters. The third kappa shape index (κ3) is 9.92. The van der Waals surface area contributed by atoms with Gasteiger partial charge in [0.25, 0.3) is 0 Å². The van der Waals surface area contributed by atoms with E-state index < -0.39 is 0 Å². The average molecular weight is 184 g/mol. The lowest BCUT2D eigenvalue weighted by Gasteiger charge is -2.08. The van der Waals surface area contributed by atoms with Gasteiger partial charge in [0.2, 0.25) is 0 Å². The Hall–Kier alpha value is 0. The van der Waals surface area contributed by atoms with Crippen molar-refractivity contribution in [3.05, 3.63) is 0 Å². The summed E-state index contributed by atoms with van der Waals surface area (Å²) in [6.07, 6.45) is 12.9. The number of unbranched alkanes of at least 4 members (excludes halogenated alkanes) is 5. The highest BCUT2D eigenvalue weighted by Gasteiger charge is 1.99. The van der Waals surface area contributed by atoms with Gasteiger partial charge in [-0.2, -0.15) is 0 Å². The standard InChI is InChI=1S/C13H28/c1-4-6-7-8-9-10-12-13(3)11-5-2/h13H,4-12H2,1-3H3/t13-/m1/s1. The van der Waals surface area contributed by atoms with E-state index in [1.807, 2.05) is 0 Å². The highest BCUT2D eigenvalue weighted by molar-refractivity contribution is 4.53. The Kier molecular flexibility index (Phi) is 10.1. The number of hydrogen-bond acceptors (Lipinski definition) is 0. The van der Waals surface area contributed by atoms with Crippen LogP contribution in [0.1, 0.15) is 78.6 Å². The largest absolute Gasteiger partial charge is 0.0654 e. The monoisotopic (exact) mass is 184 g/mol. The first kappa shape index (κ1) is 13.0. The van der Waals surface area contributed by atoms with E-state index in [9.17, 15) is 0 Å². The van der Waals surface area contributed by atoms with Gasteiger partial charge < -0.3 is 0 Å².